The molecule has 1 amide bonds. The Bertz CT molecular complexity index is 464. The van der Waals surface area contributed by atoms with Crippen LogP contribution in [0.25, 0.3) is 0 Å². The number of para-hydroxylation sites is 2. The first kappa shape index (κ1) is 16.4. The molecule has 0 bridgehead atoms. The highest BCUT2D eigenvalue weighted by molar-refractivity contribution is 8.00. The fourth-order valence-electron chi connectivity index (χ4n) is 1.62. The molecule has 5 nitrogen and oxygen atoms in total. The number of rotatable bonds is 8. The SMILES string of the molecule is CCC(SCCC(=O)Nc1ccccc1OC)C(=O)O. The van der Waals surface area contributed by atoms with Crippen LogP contribution < -0.4 is 10.1 Å². The van der Waals surface area contributed by atoms with Crippen molar-refractivity contribution in [3.05, 3.63) is 24.3 Å². The first-order valence-electron chi connectivity index (χ1n) is 6.35. The summed E-state index contributed by atoms with van der Waals surface area (Å²) in [5.41, 5.74) is 0.621. The van der Waals surface area contributed by atoms with Crippen LogP contribution in [0, 0.1) is 0 Å². The number of benzene rings is 1. The Morgan fingerprint density at radius 3 is 2.70 bits per heavy atom. The first-order chi connectivity index (χ1) is 9.58. The number of carboxylic acid groups (broad SMARTS) is 1. The average molecular weight is 297 g/mol. The van der Waals surface area contributed by atoms with Crippen LogP contribution in [0.4, 0.5) is 5.69 Å². The summed E-state index contributed by atoms with van der Waals surface area (Å²) in [7, 11) is 1.54. The second kappa shape index (κ2) is 8.47. The van der Waals surface area contributed by atoms with E-state index in [4.69, 9.17) is 9.84 Å². The van der Waals surface area contributed by atoms with Crippen molar-refractivity contribution in [2.24, 2.45) is 0 Å². The molecule has 110 valence electrons. The van der Waals surface area contributed by atoms with E-state index in [2.05, 4.69) is 5.32 Å². The summed E-state index contributed by atoms with van der Waals surface area (Å²) in [6.07, 6.45) is 0.820. The van der Waals surface area contributed by atoms with Crippen molar-refractivity contribution in [2.45, 2.75) is 25.0 Å². The van der Waals surface area contributed by atoms with Crippen LogP contribution in [0.5, 0.6) is 5.75 Å². The predicted octanol–water partition coefficient (Wildman–Crippen LogP) is 2.62. The third kappa shape index (κ3) is 5.13. The van der Waals surface area contributed by atoms with E-state index in [1.165, 1.54) is 11.8 Å². The molecule has 0 aliphatic carbocycles. The van der Waals surface area contributed by atoms with Gasteiger partial charge in [0.25, 0.3) is 0 Å². The zero-order chi connectivity index (χ0) is 15.0. The lowest BCUT2D eigenvalue weighted by Gasteiger charge is -2.11. The highest BCUT2D eigenvalue weighted by Crippen LogP contribution is 2.23. The van der Waals surface area contributed by atoms with Crippen molar-refractivity contribution in [1.82, 2.24) is 0 Å². The number of carbonyl (C=O) groups excluding carboxylic acids is 1. The normalized spacial score (nSPS) is 11.7. The highest BCUT2D eigenvalue weighted by atomic mass is 32.2. The minimum absolute atomic E-state index is 0.151. The third-order valence-corrected chi connectivity index (χ3v) is 4.05. The van der Waals surface area contributed by atoms with Crippen molar-refractivity contribution >= 4 is 29.3 Å². The van der Waals surface area contributed by atoms with Gasteiger partial charge in [0.15, 0.2) is 0 Å². The van der Waals surface area contributed by atoms with Crippen molar-refractivity contribution in [3.8, 4) is 5.75 Å². The summed E-state index contributed by atoms with van der Waals surface area (Å²) < 4.78 is 5.14. The van der Waals surface area contributed by atoms with Gasteiger partial charge in [-0.1, -0.05) is 19.1 Å². The minimum atomic E-state index is -0.831. The Balaban J connectivity index is 2.42. The monoisotopic (exact) mass is 297 g/mol. The fourth-order valence-corrected chi connectivity index (χ4v) is 2.58. The Morgan fingerprint density at radius 1 is 1.40 bits per heavy atom. The number of nitrogens with one attached hydrogen (secondary N) is 1. The molecule has 0 spiro atoms. The van der Waals surface area contributed by atoms with Gasteiger partial charge < -0.3 is 15.2 Å². The van der Waals surface area contributed by atoms with Gasteiger partial charge in [0.05, 0.1) is 12.8 Å². The number of ether oxygens (including phenoxy) is 1. The second-order valence-corrected chi connectivity index (χ2v) is 5.41. The van der Waals surface area contributed by atoms with E-state index < -0.39 is 11.2 Å². The number of amides is 1. The Hall–Kier alpha value is -1.69. The van der Waals surface area contributed by atoms with E-state index >= 15 is 0 Å². The first-order valence-corrected chi connectivity index (χ1v) is 7.40. The molecule has 0 aromatic heterocycles. The van der Waals surface area contributed by atoms with Crippen LogP contribution in [0.1, 0.15) is 19.8 Å². The molecule has 2 N–H and O–H groups in total. The lowest BCUT2D eigenvalue weighted by atomic mass is 10.3. The number of hydrogen-bond donors (Lipinski definition) is 2. The number of carboxylic acids is 1. The molecule has 1 unspecified atom stereocenters. The van der Waals surface area contributed by atoms with Crippen molar-refractivity contribution in [2.75, 3.05) is 18.2 Å². The molecular formula is C14H19NO4S. The number of methoxy groups -OCH3 is 1. The van der Waals surface area contributed by atoms with Crippen LogP contribution in [0.2, 0.25) is 0 Å². The van der Waals surface area contributed by atoms with E-state index in [0.29, 0.717) is 23.6 Å². The summed E-state index contributed by atoms with van der Waals surface area (Å²) in [5.74, 6) is 0.0987. The zero-order valence-electron chi connectivity index (χ0n) is 11.6. The van der Waals surface area contributed by atoms with E-state index in [1.54, 1.807) is 19.2 Å². The maximum Gasteiger partial charge on any atom is 0.316 e. The molecule has 1 aromatic carbocycles. The van der Waals surface area contributed by atoms with Gasteiger partial charge in [-0.3, -0.25) is 9.59 Å². The van der Waals surface area contributed by atoms with Gasteiger partial charge >= 0.3 is 5.97 Å². The van der Waals surface area contributed by atoms with Crippen molar-refractivity contribution in [1.29, 1.82) is 0 Å². The zero-order valence-corrected chi connectivity index (χ0v) is 12.4. The molecule has 0 fully saturated rings. The van der Waals surface area contributed by atoms with Gasteiger partial charge in [0.1, 0.15) is 11.0 Å². The molecule has 6 heteroatoms. The van der Waals surface area contributed by atoms with Crippen molar-refractivity contribution in [3.63, 3.8) is 0 Å². The Morgan fingerprint density at radius 2 is 2.10 bits per heavy atom. The Labute approximate surface area is 122 Å². The van der Waals surface area contributed by atoms with Crippen LogP contribution in [-0.4, -0.2) is 35.1 Å². The lowest BCUT2D eigenvalue weighted by Crippen LogP contribution is -2.18. The summed E-state index contributed by atoms with van der Waals surface area (Å²) in [6.45, 7) is 1.82. The molecule has 0 saturated heterocycles. The summed E-state index contributed by atoms with van der Waals surface area (Å²) >= 11 is 1.29. The average Bonchev–Trinajstić information content (AvgIpc) is 2.43. The molecule has 1 aromatic rings. The Kier molecular flexibility index (Phi) is 6.93. The van der Waals surface area contributed by atoms with Crippen LogP contribution in [0.3, 0.4) is 0 Å². The van der Waals surface area contributed by atoms with Gasteiger partial charge in [-0.15, -0.1) is 11.8 Å². The van der Waals surface area contributed by atoms with Crippen LogP contribution in [-0.2, 0) is 9.59 Å². The van der Waals surface area contributed by atoms with E-state index in [-0.39, 0.29) is 12.3 Å². The van der Waals surface area contributed by atoms with Crippen LogP contribution >= 0.6 is 11.8 Å². The van der Waals surface area contributed by atoms with Gasteiger partial charge in [-0.2, -0.15) is 0 Å². The van der Waals surface area contributed by atoms with Crippen molar-refractivity contribution < 1.29 is 19.4 Å². The van der Waals surface area contributed by atoms with Gasteiger partial charge in [-0.05, 0) is 18.6 Å². The number of hydrogen-bond acceptors (Lipinski definition) is 4. The fraction of sp³-hybridized carbons (Fsp3) is 0.429. The summed E-state index contributed by atoms with van der Waals surface area (Å²) in [5, 5.41) is 11.2. The quantitative estimate of drug-likeness (QED) is 0.771. The molecule has 0 aliphatic rings. The molecule has 0 heterocycles. The number of anilines is 1. The third-order valence-electron chi connectivity index (χ3n) is 2.68. The molecule has 1 rings (SSSR count). The van der Waals surface area contributed by atoms with E-state index in [0.717, 1.165) is 0 Å². The topological polar surface area (TPSA) is 75.6 Å². The smallest absolute Gasteiger partial charge is 0.316 e. The second-order valence-electron chi connectivity index (χ2n) is 4.10. The minimum Gasteiger partial charge on any atom is -0.495 e. The van der Waals surface area contributed by atoms with Gasteiger partial charge in [0, 0.05) is 12.2 Å². The van der Waals surface area contributed by atoms with E-state index in [1.807, 2.05) is 19.1 Å². The number of carbonyl (C=O) groups is 2. The molecule has 0 aliphatic heterocycles. The standard InChI is InChI=1S/C14H19NO4S/c1-3-12(14(17)18)20-9-8-13(16)15-10-6-4-5-7-11(10)19-2/h4-7,12H,3,8-9H2,1-2H3,(H,15,16)(H,17,18). The summed E-state index contributed by atoms with van der Waals surface area (Å²) in [6, 6.07) is 7.16. The predicted molar refractivity (Wildman–Crippen MR) is 80.4 cm³/mol. The molecule has 20 heavy (non-hydrogen) atoms. The molecular weight excluding hydrogens is 278 g/mol. The molecule has 1 atom stereocenters. The molecule has 0 radical (unpaired) electrons. The van der Waals surface area contributed by atoms with Gasteiger partial charge in [-0.25, -0.2) is 0 Å². The highest BCUT2D eigenvalue weighted by Gasteiger charge is 2.16. The molecule has 0 saturated carbocycles. The maximum atomic E-state index is 11.8. The lowest BCUT2D eigenvalue weighted by molar-refractivity contribution is -0.136. The largest absolute Gasteiger partial charge is 0.495 e. The maximum absolute atomic E-state index is 11.8. The number of aliphatic carboxylic acids is 1. The number of thioether (sulfide) groups is 1. The van der Waals surface area contributed by atoms with Gasteiger partial charge in [0.2, 0.25) is 5.91 Å². The van der Waals surface area contributed by atoms with Crippen LogP contribution in [0.15, 0.2) is 24.3 Å². The summed E-state index contributed by atoms with van der Waals surface area (Å²) in [4.78, 5) is 22.6. The van der Waals surface area contributed by atoms with E-state index in [9.17, 15) is 9.59 Å².